The lowest BCUT2D eigenvalue weighted by atomic mass is 10.1. The molecule has 1 N–H and O–H groups in total. The smallest absolute Gasteiger partial charge is 0.291 e. The van der Waals surface area contributed by atoms with Crippen molar-refractivity contribution in [3.63, 3.8) is 0 Å². The van der Waals surface area contributed by atoms with Crippen molar-refractivity contribution in [2.45, 2.75) is 18.9 Å². The van der Waals surface area contributed by atoms with Gasteiger partial charge in [0.15, 0.2) is 6.39 Å². The van der Waals surface area contributed by atoms with Gasteiger partial charge in [0.05, 0.1) is 18.9 Å². The number of oxazole rings is 1. The molecular weight excluding hydrogens is 296 g/mol. The minimum absolute atomic E-state index is 0.0295. The third kappa shape index (κ3) is 3.87. The van der Waals surface area contributed by atoms with E-state index >= 15 is 0 Å². The Balaban J connectivity index is 1.55. The summed E-state index contributed by atoms with van der Waals surface area (Å²) >= 11 is 0. The number of ether oxygens (including phenoxy) is 1. The number of hydrogen-bond donors (Lipinski definition) is 1. The molecule has 0 saturated carbocycles. The lowest BCUT2D eigenvalue weighted by Crippen LogP contribution is -2.45. The minimum atomic E-state index is -0.128. The molecule has 1 aliphatic heterocycles. The maximum absolute atomic E-state index is 12.3. The van der Waals surface area contributed by atoms with E-state index in [1.54, 1.807) is 11.1 Å². The quantitative estimate of drug-likeness (QED) is 0.902. The fraction of sp³-hybridized carbons (Fsp3) is 0.438. The van der Waals surface area contributed by atoms with E-state index in [1.807, 2.05) is 19.2 Å². The van der Waals surface area contributed by atoms with Crippen molar-refractivity contribution in [1.82, 2.24) is 14.9 Å². The molecule has 7 nitrogen and oxygen atoms in total. The van der Waals surface area contributed by atoms with Gasteiger partial charge >= 0.3 is 0 Å². The highest BCUT2D eigenvalue weighted by atomic mass is 16.5. The number of rotatable bonds is 5. The molecule has 1 aliphatic rings. The van der Waals surface area contributed by atoms with Crippen LogP contribution in [0.2, 0.25) is 0 Å². The van der Waals surface area contributed by atoms with Gasteiger partial charge in [-0.25, -0.2) is 9.97 Å². The van der Waals surface area contributed by atoms with Gasteiger partial charge in [-0.1, -0.05) is 0 Å². The lowest BCUT2D eigenvalue weighted by Gasteiger charge is -2.32. The first-order chi connectivity index (χ1) is 11.3. The van der Waals surface area contributed by atoms with Crippen LogP contribution >= 0.6 is 0 Å². The molecule has 0 spiro atoms. The molecule has 2 aromatic rings. The van der Waals surface area contributed by atoms with Crippen molar-refractivity contribution >= 4 is 11.7 Å². The number of nitrogens with zero attached hydrogens (tertiary/aromatic N) is 3. The summed E-state index contributed by atoms with van der Waals surface area (Å²) in [6.07, 6.45) is 6.28. The molecule has 0 bridgehead atoms. The second-order valence-corrected chi connectivity index (χ2v) is 5.45. The van der Waals surface area contributed by atoms with Crippen molar-refractivity contribution in [3.05, 3.63) is 42.2 Å². The number of aryl methyl sites for hydroxylation is 1. The Kier molecular flexibility index (Phi) is 4.87. The molecule has 23 heavy (non-hydrogen) atoms. The van der Waals surface area contributed by atoms with E-state index in [4.69, 9.17) is 9.15 Å². The van der Waals surface area contributed by atoms with Gasteiger partial charge in [0.25, 0.3) is 5.91 Å². The molecular formula is C16H20N4O3. The number of aromatic nitrogens is 2. The molecule has 1 unspecified atom stereocenters. The first-order valence-corrected chi connectivity index (χ1v) is 7.68. The highest BCUT2D eigenvalue weighted by Crippen LogP contribution is 2.16. The normalized spacial score (nSPS) is 18.0. The first-order valence-electron chi connectivity index (χ1n) is 7.68. The molecule has 0 aromatic carbocycles. The topological polar surface area (TPSA) is 80.5 Å². The van der Waals surface area contributed by atoms with E-state index in [9.17, 15) is 4.79 Å². The fourth-order valence-corrected chi connectivity index (χ4v) is 2.65. The second-order valence-electron chi connectivity index (χ2n) is 5.45. The molecule has 0 radical (unpaired) electrons. The summed E-state index contributed by atoms with van der Waals surface area (Å²) in [6, 6.07) is 4.03. The Hall–Kier alpha value is -2.41. The molecule has 0 aliphatic carbocycles. The summed E-state index contributed by atoms with van der Waals surface area (Å²) in [7, 11) is 1.85. The van der Waals surface area contributed by atoms with Crippen molar-refractivity contribution in [1.29, 1.82) is 0 Å². The largest absolute Gasteiger partial charge is 0.438 e. The van der Waals surface area contributed by atoms with E-state index in [-0.39, 0.29) is 17.8 Å². The van der Waals surface area contributed by atoms with E-state index in [0.29, 0.717) is 19.7 Å². The Morgan fingerprint density at radius 3 is 3.22 bits per heavy atom. The SMILES string of the molecule is CNc1cc(CCC2CN(C(=O)c3cnco3)CCO2)ccn1. The molecule has 122 valence electrons. The Morgan fingerprint density at radius 2 is 2.43 bits per heavy atom. The number of morpholine rings is 1. The highest BCUT2D eigenvalue weighted by molar-refractivity contribution is 5.91. The van der Waals surface area contributed by atoms with Crippen molar-refractivity contribution in [2.24, 2.45) is 0 Å². The summed E-state index contributed by atoms with van der Waals surface area (Å²) in [5.41, 5.74) is 1.20. The third-order valence-electron chi connectivity index (χ3n) is 3.90. The van der Waals surface area contributed by atoms with Crippen molar-refractivity contribution < 1.29 is 13.9 Å². The molecule has 1 fully saturated rings. The van der Waals surface area contributed by atoms with Gasteiger partial charge in [0.2, 0.25) is 5.76 Å². The summed E-state index contributed by atoms with van der Waals surface area (Å²) in [5, 5.41) is 3.03. The van der Waals surface area contributed by atoms with Gasteiger partial charge in [-0.2, -0.15) is 0 Å². The Bertz CT molecular complexity index is 645. The summed E-state index contributed by atoms with van der Waals surface area (Å²) in [4.78, 5) is 22.0. The maximum Gasteiger partial charge on any atom is 0.291 e. The Morgan fingerprint density at radius 1 is 1.52 bits per heavy atom. The molecule has 3 heterocycles. The van der Waals surface area contributed by atoms with Gasteiger partial charge in [-0.3, -0.25) is 4.79 Å². The molecule has 1 atom stereocenters. The fourth-order valence-electron chi connectivity index (χ4n) is 2.65. The predicted octanol–water partition coefficient (Wildman–Crippen LogP) is 1.59. The van der Waals surface area contributed by atoms with Gasteiger partial charge < -0.3 is 19.4 Å². The van der Waals surface area contributed by atoms with Gasteiger partial charge in [0.1, 0.15) is 5.82 Å². The number of hydrogen-bond acceptors (Lipinski definition) is 6. The van der Waals surface area contributed by atoms with Crippen LogP contribution in [0.5, 0.6) is 0 Å². The van der Waals surface area contributed by atoms with E-state index in [1.165, 1.54) is 18.2 Å². The van der Waals surface area contributed by atoms with Crippen LogP contribution in [0.25, 0.3) is 0 Å². The van der Waals surface area contributed by atoms with Crippen LogP contribution in [0.1, 0.15) is 22.5 Å². The zero-order valence-electron chi connectivity index (χ0n) is 13.1. The summed E-state index contributed by atoms with van der Waals surface area (Å²) < 4.78 is 10.9. The number of nitrogens with one attached hydrogen (secondary N) is 1. The van der Waals surface area contributed by atoms with E-state index < -0.39 is 0 Å². The zero-order chi connectivity index (χ0) is 16.1. The van der Waals surface area contributed by atoms with E-state index in [0.717, 1.165) is 18.7 Å². The van der Waals surface area contributed by atoms with Crippen LogP contribution in [0.3, 0.4) is 0 Å². The standard InChI is InChI=1S/C16H20N4O3/c1-17-15-8-12(4-5-19-15)2-3-13-10-20(6-7-22-13)16(21)14-9-18-11-23-14/h4-5,8-9,11,13H,2-3,6-7,10H2,1H3,(H,17,19). The molecule has 1 amide bonds. The van der Waals surface area contributed by atoms with Crippen LogP contribution in [0.4, 0.5) is 5.82 Å². The van der Waals surface area contributed by atoms with Gasteiger partial charge in [-0.15, -0.1) is 0 Å². The third-order valence-corrected chi connectivity index (χ3v) is 3.90. The summed E-state index contributed by atoms with van der Waals surface area (Å²) in [5.74, 6) is 1.00. The summed E-state index contributed by atoms with van der Waals surface area (Å²) in [6.45, 7) is 1.70. The van der Waals surface area contributed by atoms with Crippen molar-refractivity contribution in [2.75, 3.05) is 32.1 Å². The predicted molar refractivity (Wildman–Crippen MR) is 84.3 cm³/mol. The number of carbonyl (C=O) groups excluding carboxylic acids is 1. The number of pyridine rings is 1. The highest BCUT2D eigenvalue weighted by Gasteiger charge is 2.26. The number of anilines is 1. The number of carbonyl (C=O) groups is 1. The molecule has 2 aromatic heterocycles. The minimum Gasteiger partial charge on any atom is -0.438 e. The first kappa shape index (κ1) is 15.5. The zero-order valence-corrected chi connectivity index (χ0v) is 13.1. The van der Waals surface area contributed by atoms with Gasteiger partial charge in [-0.05, 0) is 30.5 Å². The van der Waals surface area contributed by atoms with Gasteiger partial charge in [0, 0.05) is 26.3 Å². The average Bonchev–Trinajstić information content (AvgIpc) is 3.14. The second kappa shape index (κ2) is 7.23. The molecule has 1 saturated heterocycles. The molecule has 3 rings (SSSR count). The van der Waals surface area contributed by atoms with Crippen LogP contribution in [-0.4, -0.2) is 53.6 Å². The average molecular weight is 316 g/mol. The monoisotopic (exact) mass is 316 g/mol. The van der Waals surface area contributed by atoms with Crippen LogP contribution in [0, 0.1) is 0 Å². The number of amides is 1. The molecule has 7 heteroatoms. The van der Waals surface area contributed by atoms with Crippen molar-refractivity contribution in [3.8, 4) is 0 Å². The van der Waals surface area contributed by atoms with Crippen LogP contribution in [-0.2, 0) is 11.2 Å². The lowest BCUT2D eigenvalue weighted by molar-refractivity contribution is -0.0255. The maximum atomic E-state index is 12.3. The Labute approximate surface area is 134 Å². The van der Waals surface area contributed by atoms with E-state index in [2.05, 4.69) is 15.3 Å². The van der Waals surface area contributed by atoms with Crippen LogP contribution in [0.15, 0.2) is 35.3 Å². The van der Waals surface area contributed by atoms with Crippen LogP contribution < -0.4 is 5.32 Å².